The summed E-state index contributed by atoms with van der Waals surface area (Å²) in [5, 5.41) is 3.35. The molecule has 0 unspecified atom stereocenters. The van der Waals surface area contributed by atoms with Gasteiger partial charge in [0.25, 0.3) is 0 Å². The van der Waals surface area contributed by atoms with Crippen molar-refractivity contribution in [1.29, 1.82) is 0 Å². The first-order valence-electron chi connectivity index (χ1n) is 13.2. The molecule has 1 N–H and O–H groups in total. The molecule has 2 aromatic carbocycles. The van der Waals surface area contributed by atoms with Crippen molar-refractivity contribution in [2.24, 2.45) is 0 Å². The van der Waals surface area contributed by atoms with Gasteiger partial charge in [0.05, 0.1) is 16.6 Å². The molecule has 0 bridgehead atoms. The lowest BCUT2D eigenvalue weighted by Crippen LogP contribution is -2.38. The molecule has 4 rings (SSSR count). The number of hydrogen-bond donors (Lipinski definition) is 1. The summed E-state index contributed by atoms with van der Waals surface area (Å²) in [4.78, 5) is 37.1. The molecule has 15 heteroatoms. The third-order valence-electron chi connectivity index (χ3n) is 6.20. The van der Waals surface area contributed by atoms with Crippen LogP contribution in [0.2, 0.25) is 5.02 Å². The third-order valence-corrected chi connectivity index (χ3v) is 7.47. The van der Waals surface area contributed by atoms with Crippen LogP contribution < -0.4 is 9.50 Å². The van der Waals surface area contributed by atoms with Gasteiger partial charge in [-0.15, -0.1) is 0 Å². The molecule has 1 atom stereocenters. The molecule has 0 radical (unpaired) electrons. The number of benzene rings is 2. The molecule has 9 nitrogen and oxygen atoms in total. The topological polar surface area (TPSA) is 115 Å². The lowest BCUT2D eigenvalue weighted by molar-refractivity contribution is -0.135. The van der Waals surface area contributed by atoms with Crippen LogP contribution >= 0.6 is 11.6 Å². The Hall–Kier alpha value is -3.49. The van der Waals surface area contributed by atoms with Crippen LogP contribution in [0.3, 0.4) is 0 Å². The highest BCUT2D eigenvalue weighted by Crippen LogP contribution is 2.31. The standard InChI is InChI=1S/C18H17F3N2O6S.C8H9ClFN.C2H6/c1-11(25)15-8-22(9-17(26)23-6-2-3-12(23)10-24)16-7-13(4-5-14(15)16)29-30(27,28)18(19,20)21;1-11-5-6-3-2-4-7(9)8(6)10;1-2/h4-5,7-8,10,12H,2-3,6,9H2,1H3;2-4,11H,5H2,1H3;1-2H3/t12-;;/m0../s1. The molecule has 0 aliphatic carbocycles. The predicted octanol–water partition coefficient (Wildman–Crippen LogP) is 5.49. The molecule has 0 spiro atoms. The molecule has 1 amide bonds. The average Bonchev–Trinajstić information content (AvgIpc) is 3.57. The predicted molar refractivity (Wildman–Crippen MR) is 154 cm³/mol. The third kappa shape index (κ3) is 8.77. The van der Waals surface area contributed by atoms with Crippen LogP contribution in [0.15, 0.2) is 42.6 Å². The summed E-state index contributed by atoms with van der Waals surface area (Å²) in [5.74, 6) is -1.71. The van der Waals surface area contributed by atoms with E-state index in [0.717, 1.165) is 12.1 Å². The summed E-state index contributed by atoms with van der Waals surface area (Å²) in [6, 6.07) is 7.68. The van der Waals surface area contributed by atoms with E-state index in [2.05, 4.69) is 9.50 Å². The maximum Gasteiger partial charge on any atom is 0.534 e. The van der Waals surface area contributed by atoms with E-state index in [-0.39, 0.29) is 34.2 Å². The fourth-order valence-electron chi connectivity index (χ4n) is 4.26. The van der Waals surface area contributed by atoms with Gasteiger partial charge < -0.3 is 23.8 Å². The molecule has 1 saturated heterocycles. The first-order valence-corrected chi connectivity index (χ1v) is 15.0. The van der Waals surface area contributed by atoms with Gasteiger partial charge in [0.2, 0.25) is 5.91 Å². The van der Waals surface area contributed by atoms with Gasteiger partial charge in [-0.3, -0.25) is 9.59 Å². The molecule has 1 aliphatic heterocycles. The SMILES string of the molecule is CC.CC(=O)c1cn(CC(=O)N2CCC[C@H]2C=O)c2cc(OS(=O)(=O)C(F)(F)F)ccc12.CNCc1cccc(Cl)c1F. The highest BCUT2D eigenvalue weighted by atomic mass is 35.5. The van der Waals surface area contributed by atoms with Gasteiger partial charge in [0.15, 0.2) is 5.78 Å². The molecule has 1 fully saturated rings. The Morgan fingerprint density at radius 2 is 1.86 bits per heavy atom. The minimum absolute atomic E-state index is 0.144. The molecular formula is C28H32ClF4N3O6S. The summed E-state index contributed by atoms with van der Waals surface area (Å²) >= 11 is 5.55. The second kappa shape index (κ2) is 15.3. The number of carbonyl (C=O) groups is 3. The largest absolute Gasteiger partial charge is 0.534 e. The number of nitrogens with zero attached hydrogens (tertiary/aromatic N) is 2. The molecule has 2 heterocycles. The van der Waals surface area contributed by atoms with Crippen molar-refractivity contribution < 1.29 is 44.5 Å². The smallest absolute Gasteiger partial charge is 0.376 e. The molecule has 43 heavy (non-hydrogen) atoms. The number of halogens is 5. The van der Waals surface area contributed by atoms with Crippen molar-refractivity contribution >= 4 is 50.6 Å². The molecule has 3 aromatic rings. The van der Waals surface area contributed by atoms with E-state index < -0.39 is 33.3 Å². The van der Waals surface area contributed by atoms with Crippen LogP contribution in [0, 0.1) is 5.82 Å². The van der Waals surface area contributed by atoms with Gasteiger partial charge in [-0.25, -0.2) is 4.39 Å². The number of amides is 1. The lowest BCUT2D eigenvalue weighted by atomic mass is 10.1. The van der Waals surface area contributed by atoms with Crippen molar-refractivity contribution in [1.82, 2.24) is 14.8 Å². The van der Waals surface area contributed by atoms with Crippen LogP contribution in [0.5, 0.6) is 5.75 Å². The van der Waals surface area contributed by atoms with Crippen molar-refractivity contribution in [3.05, 3.63) is 64.6 Å². The fourth-order valence-corrected chi connectivity index (χ4v) is 4.91. The first-order chi connectivity index (χ1) is 20.2. The zero-order valence-corrected chi connectivity index (χ0v) is 25.4. The highest BCUT2D eigenvalue weighted by Gasteiger charge is 2.48. The molecule has 1 aliphatic rings. The monoisotopic (exact) mass is 649 g/mol. The highest BCUT2D eigenvalue weighted by molar-refractivity contribution is 7.88. The average molecular weight is 650 g/mol. The Bertz CT molecular complexity index is 1560. The maximum atomic E-state index is 13.0. The second-order valence-corrected chi connectivity index (χ2v) is 11.0. The van der Waals surface area contributed by atoms with Gasteiger partial charge in [-0.1, -0.05) is 37.6 Å². The Kier molecular flexibility index (Phi) is 12.7. The van der Waals surface area contributed by atoms with Crippen molar-refractivity contribution in [2.45, 2.75) is 58.3 Å². The number of aldehydes is 1. The van der Waals surface area contributed by atoms with E-state index in [9.17, 15) is 40.4 Å². The van der Waals surface area contributed by atoms with Gasteiger partial charge >= 0.3 is 15.6 Å². The number of aromatic nitrogens is 1. The molecule has 1 aromatic heterocycles. The Labute approximate surface area is 251 Å². The summed E-state index contributed by atoms with van der Waals surface area (Å²) in [6.45, 7) is 5.89. The zero-order chi connectivity index (χ0) is 32.5. The molecular weight excluding hydrogens is 618 g/mol. The number of carbonyl (C=O) groups excluding carboxylic acids is 3. The molecule has 0 saturated carbocycles. The molecule has 236 valence electrons. The van der Waals surface area contributed by atoms with Gasteiger partial charge in [0, 0.05) is 41.9 Å². The second-order valence-electron chi connectivity index (χ2n) is 9.07. The number of alkyl halides is 3. The van der Waals surface area contributed by atoms with Crippen molar-refractivity contribution in [2.75, 3.05) is 13.6 Å². The van der Waals surface area contributed by atoms with Crippen molar-refractivity contribution in [3.63, 3.8) is 0 Å². The number of ketones is 1. The summed E-state index contributed by atoms with van der Waals surface area (Å²) in [5.41, 5.74) is -4.66. The van der Waals surface area contributed by atoms with E-state index in [1.54, 1.807) is 19.2 Å². The van der Waals surface area contributed by atoms with E-state index in [4.69, 9.17) is 11.6 Å². The minimum atomic E-state index is -5.88. The van der Waals surface area contributed by atoms with Gasteiger partial charge in [0.1, 0.15) is 24.4 Å². The lowest BCUT2D eigenvalue weighted by Gasteiger charge is -2.21. The zero-order valence-electron chi connectivity index (χ0n) is 23.9. The van der Waals surface area contributed by atoms with E-state index in [0.29, 0.717) is 43.2 Å². The number of hydrogen-bond acceptors (Lipinski definition) is 7. The van der Waals surface area contributed by atoms with Crippen LogP contribution in [0.4, 0.5) is 17.6 Å². The fraction of sp³-hybridized carbons (Fsp3) is 0.393. The number of fused-ring (bicyclic) bond motifs is 1. The number of nitrogens with one attached hydrogen (secondary N) is 1. The first kappa shape index (κ1) is 35.7. The summed E-state index contributed by atoms with van der Waals surface area (Å²) in [6.07, 6.45) is 3.23. The quantitative estimate of drug-likeness (QED) is 0.113. The maximum absolute atomic E-state index is 13.0. The number of likely N-dealkylation sites (tertiary alicyclic amines) is 1. The van der Waals surface area contributed by atoms with E-state index >= 15 is 0 Å². The van der Waals surface area contributed by atoms with Crippen LogP contribution in [-0.4, -0.2) is 61.0 Å². The summed E-state index contributed by atoms with van der Waals surface area (Å²) < 4.78 is 78.8. The number of rotatable bonds is 8. The van der Waals surface area contributed by atoms with Crippen molar-refractivity contribution in [3.8, 4) is 5.75 Å². The van der Waals surface area contributed by atoms with E-state index in [1.807, 2.05) is 13.8 Å². The van der Waals surface area contributed by atoms with E-state index in [1.165, 1.54) is 34.7 Å². The Morgan fingerprint density at radius 3 is 2.44 bits per heavy atom. The normalized spacial score (nSPS) is 14.8. The number of Topliss-reactive ketones (excluding diaryl/α,β-unsaturated/α-hetero) is 1. The van der Waals surface area contributed by atoms with Gasteiger partial charge in [-0.05, 0) is 45.0 Å². The van der Waals surface area contributed by atoms with Crippen LogP contribution in [0.25, 0.3) is 10.9 Å². The van der Waals surface area contributed by atoms with Crippen LogP contribution in [-0.2, 0) is 32.8 Å². The van der Waals surface area contributed by atoms with Gasteiger partial charge in [-0.2, -0.15) is 21.6 Å². The minimum Gasteiger partial charge on any atom is -0.376 e. The summed E-state index contributed by atoms with van der Waals surface area (Å²) in [7, 11) is -4.11. The Balaban J connectivity index is 0.000000415. The Morgan fingerprint density at radius 1 is 1.19 bits per heavy atom. The van der Waals surface area contributed by atoms with Crippen LogP contribution in [0.1, 0.15) is 49.5 Å².